The highest BCUT2D eigenvalue weighted by atomic mass is 16.4. The van der Waals surface area contributed by atoms with Crippen LogP contribution < -0.4 is 5.32 Å². The summed E-state index contributed by atoms with van der Waals surface area (Å²) in [6.07, 6.45) is 2.42. The summed E-state index contributed by atoms with van der Waals surface area (Å²) in [6, 6.07) is 5.06. The van der Waals surface area contributed by atoms with Crippen molar-refractivity contribution in [1.82, 2.24) is 14.7 Å². The fourth-order valence-corrected chi connectivity index (χ4v) is 1.75. The van der Waals surface area contributed by atoms with Crippen molar-refractivity contribution in [1.29, 1.82) is 0 Å². The molecule has 0 aliphatic carbocycles. The molecule has 2 rings (SSSR count). The summed E-state index contributed by atoms with van der Waals surface area (Å²) in [7, 11) is 0. The maximum Gasteiger partial charge on any atom is 0.356 e. The van der Waals surface area contributed by atoms with Gasteiger partial charge in [-0.1, -0.05) is 13.0 Å². The van der Waals surface area contributed by atoms with Gasteiger partial charge in [0.1, 0.15) is 0 Å². The molecule has 0 saturated carbocycles. The third kappa shape index (κ3) is 2.42. The molecule has 0 saturated heterocycles. The Morgan fingerprint density at radius 3 is 2.84 bits per heavy atom. The van der Waals surface area contributed by atoms with Crippen molar-refractivity contribution < 1.29 is 14.7 Å². The number of carbonyl (C=O) groups excluding carboxylic acids is 1. The molecule has 0 fully saturated rings. The van der Waals surface area contributed by atoms with Crippen LogP contribution in [0.25, 0.3) is 5.52 Å². The molecule has 2 heterocycles. The lowest BCUT2D eigenvalue weighted by Crippen LogP contribution is -2.33. The number of amides is 1. The third-order valence-corrected chi connectivity index (χ3v) is 2.94. The van der Waals surface area contributed by atoms with E-state index in [1.165, 1.54) is 4.40 Å². The Morgan fingerprint density at radius 1 is 1.47 bits per heavy atom. The predicted molar refractivity (Wildman–Crippen MR) is 69.4 cm³/mol. The first-order valence-corrected chi connectivity index (χ1v) is 6.05. The summed E-state index contributed by atoms with van der Waals surface area (Å²) in [6.45, 7) is 3.84. The van der Waals surface area contributed by atoms with Gasteiger partial charge >= 0.3 is 5.97 Å². The molecule has 0 aliphatic rings. The summed E-state index contributed by atoms with van der Waals surface area (Å²) in [5.41, 5.74) is 0.291. The average molecular weight is 261 g/mol. The van der Waals surface area contributed by atoms with E-state index in [0.717, 1.165) is 6.42 Å². The predicted octanol–water partition coefficient (Wildman–Crippen LogP) is 1.56. The summed E-state index contributed by atoms with van der Waals surface area (Å²) in [4.78, 5) is 27.1. The number of imidazole rings is 1. The standard InChI is InChI=1S/C13H15N3O3/c1-3-8(2)14-12(17)11-15-10(13(18)19)9-6-4-5-7-16(9)11/h4-8H,3H2,1-2H3,(H,14,17)(H,18,19). The summed E-state index contributed by atoms with van der Waals surface area (Å²) >= 11 is 0. The van der Waals surface area contributed by atoms with Crippen molar-refractivity contribution in [3.63, 3.8) is 0 Å². The summed E-state index contributed by atoms with van der Waals surface area (Å²) < 4.78 is 1.49. The lowest BCUT2D eigenvalue weighted by Gasteiger charge is -2.10. The second kappa shape index (κ2) is 5.09. The van der Waals surface area contributed by atoms with E-state index >= 15 is 0 Å². The normalized spacial score (nSPS) is 12.3. The highest BCUT2D eigenvalue weighted by Gasteiger charge is 2.21. The van der Waals surface area contributed by atoms with Gasteiger partial charge in [-0.25, -0.2) is 9.78 Å². The van der Waals surface area contributed by atoms with Gasteiger partial charge in [0.05, 0.1) is 5.52 Å². The van der Waals surface area contributed by atoms with Crippen LogP contribution in [0.3, 0.4) is 0 Å². The van der Waals surface area contributed by atoms with Crippen LogP contribution in [0.2, 0.25) is 0 Å². The molecule has 0 aliphatic heterocycles. The van der Waals surface area contributed by atoms with Crippen molar-refractivity contribution in [2.75, 3.05) is 0 Å². The van der Waals surface area contributed by atoms with Gasteiger partial charge in [-0.05, 0) is 25.5 Å². The molecule has 0 aromatic carbocycles. The molecular formula is C13H15N3O3. The van der Waals surface area contributed by atoms with Gasteiger partial charge in [0.15, 0.2) is 5.69 Å². The van der Waals surface area contributed by atoms with Crippen LogP contribution in [0.15, 0.2) is 24.4 Å². The van der Waals surface area contributed by atoms with Crippen LogP contribution in [-0.4, -0.2) is 32.4 Å². The van der Waals surface area contributed by atoms with Crippen molar-refractivity contribution in [2.24, 2.45) is 0 Å². The molecule has 19 heavy (non-hydrogen) atoms. The van der Waals surface area contributed by atoms with Crippen LogP contribution in [0.1, 0.15) is 41.4 Å². The maximum absolute atomic E-state index is 12.1. The van der Waals surface area contributed by atoms with Gasteiger partial charge in [0, 0.05) is 12.2 Å². The van der Waals surface area contributed by atoms with Crippen molar-refractivity contribution >= 4 is 17.4 Å². The number of carboxylic acid groups (broad SMARTS) is 1. The van der Waals surface area contributed by atoms with E-state index < -0.39 is 5.97 Å². The number of carbonyl (C=O) groups is 2. The molecule has 1 atom stereocenters. The maximum atomic E-state index is 12.1. The average Bonchev–Trinajstić information content (AvgIpc) is 2.78. The lowest BCUT2D eigenvalue weighted by atomic mass is 10.2. The van der Waals surface area contributed by atoms with Crippen molar-refractivity contribution in [3.05, 3.63) is 35.9 Å². The van der Waals surface area contributed by atoms with E-state index in [2.05, 4.69) is 10.3 Å². The highest BCUT2D eigenvalue weighted by Crippen LogP contribution is 2.13. The van der Waals surface area contributed by atoms with Crippen LogP contribution in [0.5, 0.6) is 0 Å². The van der Waals surface area contributed by atoms with Crippen molar-refractivity contribution in [2.45, 2.75) is 26.3 Å². The zero-order chi connectivity index (χ0) is 14.0. The molecule has 100 valence electrons. The Morgan fingerprint density at radius 2 is 2.21 bits per heavy atom. The number of carboxylic acids is 1. The number of nitrogens with zero attached hydrogens (tertiary/aromatic N) is 2. The number of rotatable bonds is 4. The molecule has 0 radical (unpaired) electrons. The van der Waals surface area contributed by atoms with Gasteiger partial charge < -0.3 is 10.4 Å². The molecule has 1 unspecified atom stereocenters. The molecule has 6 nitrogen and oxygen atoms in total. The van der Waals surface area contributed by atoms with Crippen molar-refractivity contribution in [3.8, 4) is 0 Å². The number of hydrogen-bond acceptors (Lipinski definition) is 3. The molecule has 0 bridgehead atoms. The largest absolute Gasteiger partial charge is 0.476 e. The fraction of sp³-hybridized carbons (Fsp3) is 0.308. The van der Waals surface area contributed by atoms with E-state index in [9.17, 15) is 9.59 Å². The van der Waals surface area contributed by atoms with E-state index in [4.69, 9.17) is 5.11 Å². The molecular weight excluding hydrogens is 246 g/mol. The van der Waals surface area contributed by atoms with Crippen LogP contribution in [0.4, 0.5) is 0 Å². The van der Waals surface area contributed by atoms with E-state index in [1.807, 2.05) is 13.8 Å². The second-order valence-corrected chi connectivity index (χ2v) is 4.33. The summed E-state index contributed by atoms with van der Waals surface area (Å²) in [5.74, 6) is -1.43. The Balaban J connectivity index is 2.49. The third-order valence-electron chi connectivity index (χ3n) is 2.94. The minimum absolute atomic E-state index is 0.0110. The van der Waals surface area contributed by atoms with Gasteiger partial charge in [-0.2, -0.15) is 0 Å². The van der Waals surface area contributed by atoms with E-state index in [1.54, 1.807) is 24.4 Å². The molecule has 0 spiro atoms. The monoisotopic (exact) mass is 261 g/mol. The van der Waals surface area contributed by atoms with Crippen LogP contribution in [0, 0.1) is 0 Å². The zero-order valence-corrected chi connectivity index (χ0v) is 10.8. The quantitative estimate of drug-likeness (QED) is 0.874. The van der Waals surface area contributed by atoms with Crippen LogP contribution in [-0.2, 0) is 0 Å². The number of pyridine rings is 1. The zero-order valence-electron chi connectivity index (χ0n) is 10.8. The second-order valence-electron chi connectivity index (χ2n) is 4.33. The van der Waals surface area contributed by atoms with Gasteiger partial charge in [-0.3, -0.25) is 9.20 Å². The fourth-order valence-electron chi connectivity index (χ4n) is 1.75. The Labute approximate surface area is 110 Å². The lowest BCUT2D eigenvalue weighted by molar-refractivity contribution is 0.0693. The Hall–Kier alpha value is -2.37. The molecule has 2 aromatic rings. The summed E-state index contributed by atoms with van der Waals surface area (Å²) in [5, 5.41) is 11.9. The number of aromatic carboxylic acids is 1. The van der Waals surface area contributed by atoms with Crippen LogP contribution >= 0.6 is 0 Å². The minimum atomic E-state index is -1.15. The first-order chi connectivity index (χ1) is 9.04. The highest BCUT2D eigenvalue weighted by molar-refractivity contribution is 5.98. The van der Waals surface area contributed by atoms with Gasteiger partial charge in [0.2, 0.25) is 5.82 Å². The molecule has 2 aromatic heterocycles. The molecule has 1 amide bonds. The number of aromatic nitrogens is 2. The first kappa shape index (κ1) is 13.1. The van der Waals surface area contributed by atoms with Gasteiger partial charge in [-0.15, -0.1) is 0 Å². The molecule has 6 heteroatoms. The number of hydrogen-bond donors (Lipinski definition) is 2. The van der Waals surface area contributed by atoms with E-state index in [-0.39, 0.29) is 23.5 Å². The van der Waals surface area contributed by atoms with Gasteiger partial charge in [0.25, 0.3) is 5.91 Å². The molecule has 2 N–H and O–H groups in total. The topological polar surface area (TPSA) is 83.7 Å². The smallest absolute Gasteiger partial charge is 0.356 e. The number of fused-ring (bicyclic) bond motifs is 1. The minimum Gasteiger partial charge on any atom is -0.476 e. The van der Waals surface area contributed by atoms with E-state index in [0.29, 0.717) is 5.52 Å². The Kier molecular flexibility index (Phi) is 3.50. The Bertz CT molecular complexity index is 633. The first-order valence-electron chi connectivity index (χ1n) is 6.05. The SMILES string of the molecule is CCC(C)NC(=O)c1nc(C(=O)O)c2ccccn12. The number of nitrogens with one attached hydrogen (secondary N) is 1.